The molecule has 0 spiro atoms. The summed E-state index contributed by atoms with van der Waals surface area (Å²) < 4.78 is 0. The van der Waals surface area contributed by atoms with Gasteiger partial charge in [0.2, 0.25) is 5.91 Å². The smallest absolute Gasteiger partial charge is 0.251 e. The Morgan fingerprint density at radius 1 is 1.04 bits per heavy atom. The maximum atomic E-state index is 12.4. The van der Waals surface area contributed by atoms with Crippen molar-refractivity contribution in [3.63, 3.8) is 0 Å². The van der Waals surface area contributed by atoms with E-state index in [2.05, 4.69) is 31.4 Å². The third-order valence-electron chi connectivity index (χ3n) is 4.21. The van der Waals surface area contributed by atoms with E-state index in [0.29, 0.717) is 16.3 Å². The molecule has 26 heavy (non-hydrogen) atoms. The van der Waals surface area contributed by atoms with Crippen LogP contribution in [0.5, 0.6) is 0 Å². The number of anilines is 1. The fourth-order valence-electron chi connectivity index (χ4n) is 2.44. The van der Waals surface area contributed by atoms with Crippen LogP contribution < -0.4 is 10.6 Å². The first-order valence-corrected chi connectivity index (χ1v) is 8.94. The van der Waals surface area contributed by atoms with Gasteiger partial charge in [-0.25, -0.2) is 0 Å². The summed E-state index contributed by atoms with van der Waals surface area (Å²) in [6, 6.07) is 12.0. The van der Waals surface area contributed by atoms with Crippen molar-refractivity contribution in [1.29, 1.82) is 0 Å². The lowest BCUT2D eigenvalue weighted by Gasteiger charge is -2.19. The lowest BCUT2D eigenvalue weighted by Crippen LogP contribution is -2.41. The van der Waals surface area contributed by atoms with Crippen LogP contribution in [0.1, 0.15) is 49.2 Å². The van der Waals surface area contributed by atoms with Crippen molar-refractivity contribution in [3.8, 4) is 0 Å². The van der Waals surface area contributed by atoms with Crippen molar-refractivity contribution >= 4 is 29.1 Å². The Balaban J connectivity index is 2.02. The van der Waals surface area contributed by atoms with Crippen LogP contribution >= 0.6 is 11.6 Å². The molecule has 0 radical (unpaired) electrons. The van der Waals surface area contributed by atoms with Gasteiger partial charge in [-0.3, -0.25) is 9.59 Å². The summed E-state index contributed by atoms with van der Waals surface area (Å²) in [5, 5.41) is 6.07. The van der Waals surface area contributed by atoms with Gasteiger partial charge >= 0.3 is 0 Å². The van der Waals surface area contributed by atoms with Crippen LogP contribution in [-0.4, -0.2) is 17.9 Å². The SMILES string of the molecule is Cc1ccc(Cl)cc1NC(=O)C(C)NC(=O)c1ccc(C(C)(C)C)cc1. The average Bonchev–Trinajstić information content (AvgIpc) is 2.57. The number of carbonyl (C=O) groups is 2. The Morgan fingerprint density at radius 3 is 2.23 bits per heavy atom. The second kappa shape index (κ2) is 7.92. The summed E-state index contributed by atoms with van der Waals surface area (Å²) in [7, 11) is 0. The third kappa shape index (κ3) is 5.09. The maximum Gasteiger partial charge on any atom is 0.251 e. The molecule has 0 saturated carbocycles. The number of carbonyl (C=O) groups excluding carboxylic acids is 2. The summed E-state index contributed by atoms with van der Waals surface area (Å²) in [6.45, 7) is 9.88. The highest BCUT2D eigenvalue weighted by molar-refractivity contribution is 6.31. The van der Waals surface area contributed by atoms with Gasteiger partial charge < -0.3 is 10.6 Å². The van der Waals surface area contributed by atoms with Crippen molar-refractivity contribution in [3.05, 3.63) is 64.2 Å². The summed E-state index contributed by atoms with van der Waals surface area (Å²) >= 11 is 5.97. The van der Waals surface area contributed by atoms with Crippen LogP contribution in [0.2, 0.25) is 5.02 Å². The van der Waals surface area contributed by atoms with Crippen LogP contribution in [0.3, 0.4) is 0 Å². The quantitative estimate of drug-likeness (QED) is 0.817. The first kappa shape index (κ1) is 20.0. The van der Waals surface area contributed by atoms with Gasteiger partial charge in [0.05, 0.1) is 0 Å². The molecule has 1 unspecified atom stereocenters. The van der Waals surface area contributed by atoms with Crippen molar-refractivity contribution < 1.29 is 9.59 Å². The molecule has 0 fully saturated rings. The van der Waals surface area contributed by atoms with Crippen LogP contribution in [0.15, 0.2) is 42.5 Å². The molecular formula is C21H25ClN2O2. The predicted molar refractivity (Wildman–Crippen MR) is 107 cm³/mol. The molecule has 2 aromatic carbocycles. The van der Waals surface area contributed by atoms with E-state index in [1.807, 2.05) is 25.1 Å². The van der Waals surface area contributed by atoms with Crippen LogP contribution in [0, 0.1) is 6.92 Å². The summed E-state index contributed by atoms with van der Waals surface area (Å²) in [6.07, 6.45) is 0. The topological polar surface area (TPSA) is 58.2 Å². The minimum atomic E-state index is -0.678. The summed E-state index contributed by atoms with van der Waals surface area (Å²) in [5.41, 5.74) is 3.24. The normalized spacial score (nSPS) is 12.4. The first-order valence-electron chi connectivity index (χ1n) is 8.56. The van der Waals surface area contributed by atoms with Crippen molar-refractivity contribution in [2.24, 2.45) is 0 Å². The molecule has 2 rings (SSSR count). The number of hydrogen-bond acceptors (Lipinski definition) is 2. The third-order valence-corrected chi connectivity index (χ3v) is 4.45. The van der Waals surface area contributed by atoms with Crippen LogP contribution in [-0.2, 0) is 10.2 Å². The zero-order valence-corrected chi connectivity index (χ0v) is 16.6. The van der Waals surface area contributed by atoms with E-state index in [-0.39, 0.29) is 17.2 Å². The van der Waals surface area contributed by atoms with Gasteiger partial charge in [0.25, 0.3) is 5.91 Å². The van der Waals surface area contributed by atoms with E-state index in [1.54, 1.807) is 31.2 Å². The van der Waals surface area contributed by atoms with Crippen LogP contribution in [0.25, 0.3) is 0 Å². The van der Waals surface area contributed by atoms with Crippen molar-refractivity contribution in [2.45, 2.75) is 46.1 Å². The van der Waals surface area contributed by atoms with Crippen molar-refractivity contribution in [1.82, 2.24) is 5.32 Å². The van der Waals surface area contributed by atoms with E-state index in [1.165, 1.54) is 0 Å². The molecule has 0 aliphatic rings. The van der Waals surface area contributed by atoms with Gasteiger partial charge in [-0.2, -0.15) is 0 Å². The standard InChI is InChI=1S/C21H25ClN2O2/c1-13-6-11-17(22)12-18(13)24-19(25)14(2)23-20(26)15-7-9-16(10-8-15)21(3,4)5/h6-12,14H,1-5H3,(H,23,26)(H,24,25). The Kier molecular flexibility index (Phi) is 6.09. The molecule has 2 aromatic rings. The fourth-order valence-corrected chi connectivity index (χ4v) is 2.61. The Morgan fingerprint density at radius 2 is 1.65 bits per heavy atom. The molecule has 0 aliphatic carbocycles. The van der Waals surface area contributed by atoms with E-state index >= 15 is 0 Å². The lowest BCUT2D eigenvalue weighted by atomic mass is 9.86. The molecule has 0 aliphatic heterocycles. The minimum Gasteiger partial charge on any atom is -0.341 e. The van der Waals surface area contributed by atoms with Gasteiger partial charge in [-0.05, 0) is 54.7 Å². The molecule has 0 heterocycles. The second-order valence-electron chi connectivity index (χ2n) is 7.47. The molecule has 2 N–H and O–H groups in total. The number of nitrogens with one attached hydrogen (secondary N) is 2. The predicted octanol–water partition coefficient (Wildman–Crippen LogP) is 4.70. The maximum absolute atomic E-state index is 12.4. The molecule has 138 valence electrons. The summed E-state index contributed by atoms with van der Waals surface area (Å²) in [5.74, 6) is -0.578. The number of rotatable bonds is 4. The number of amides is 2. The zero-order valence-electron chi connectivity index (χ0n) is 15.8. The molecule has 2 amide bonds. The number of hydrogen-bond donors (Lipinski definition) is 2. The molecule has 1 atom stereocenters. The Hall–Kier alpha value is -2.33. The lowest BCUT2D eigenvalue weighted by molar-refractivity contribution is -0.117. The van der Waals surface area contributed by atoms with E-state index in [9.17, 15) is 9.59 Å². The molecule has 4 nitrogen and oxygen atoms in total. The number of aryl methyl sites for hydroxylation is 1. The Bertz CT molecular complexity index is 808. The molecular weight excluding hydrogens is 348 g/mol. The average molecular weight is 373 g/mol. The largest absolute Gasteiger partial charge is 0.341 e. The fraction of sp³-hybridized carbons (Fsp3) is 0.333. The molecule has 0 aromatic heterocycles. The van der Waals surface area contributed by atoms with Gasteiger partial charge in [0.1, 0.15) is 6.04 Å². The minimum absolute atomic E-state index is 0.0248. The number of halogens is 1. The highest BCUT2D eigenvalue weighted by atomic mass is 35.5. The van der Waals surface area contributed by atoms with E-state index in [4.69, 9.17) is 11.6 Å². The second-order valence-corrected chi connectivity index (χ2v) is 7.91. The Labute approximate surface area is 159 Å². The van der Waals surface area contributed by atoms with E-state index in [0.717, 1.165) is 11.1 Å². The van der Waals surface area contributed by atoms with Gasteiger partial charge in [0.15, 0.2) is 0 Å². The molecule has 0 bridgehead atoms. The van der Waals surface area contributed by atoms with Gasteiger partial charge in [-0.15, -0.1) is 0 Å². The molecule has 0 saturated heterocycles. The summed E-state index contributed by atoms with van der Waals surface area (Å²) in [4.78, 5) is 24.7. The first-order chi connectivity index (χ1) is 12.1. The van der Waals surface area contributed by atoms with Crippen LogP contribution in [0.4, 0.5) is 5.69 Å². The highest BCUT2D eigenvalue weighted by Gasteiger charge is 2.19. The van der Waals surface area contributed by atoms with E-state index < -0.39 is 6.04 Å². The number of benzene rings is 2. The highest BCUT2D eigenvalue weighted by Crippen LogP contribution is 2.22. The molecule has 5 heteroatoms. The monoisotopic (exact) mass is 372 g/mol. The van der Waals surface area contributed by atoms with Crippen molar-refractivity contribution in [2.75, 3.05) is 5.32 Å². The van der Waals surface area contributed by atoms with Gasteiger partial charge in [-0.1, -0.05) is 50.6 Å². The zero-order chi connectivity index (χ0) is 19.5. The van der Waals surface area contributed by atoms with Gasteiger partial charge in [0, 0.05) is 16.3 Å².